The van der Waals surface area contributed by atoms with Gasteiger partial charge in [-0.05, 0) is 60.2 Å². The number of furan rings is 1. The van der Waals surface area contributed by atoms with Crippen LogP contribution >= 0.6 is 15.9 Å². The van der Waals surface area contributed by atoms with Gasteiger partial charge in [-0.1, -0.05) is 12.1 Å². The Morgan fingerprint density at radius 3 is 3.05 bits per heavy atom. The predicted octanol–water partition coefficient (Wildman–Crippen LogP) is 4.54. The molecule has 0 bridgehead atoms. The average molecular weight is 338 g/mol. The highest BCUT2D eigenvalue weighted by atomic mass is 79.9. The van der Waals surface area contributed by atoms with E-state index in [4.69, 9.17) is 14.9 Å². The lowest BCUT2D eigenvalue weighted by Crippen LogP contribution is -2.11. The van der Waals surface area contributed by atoms with Crippen molar-refractivity contribution in [3.05, 3.63) is 34.5 Å². The highest BCUT2D eigenvalue weighted by Crippen LogP contribution is 2.30. The Hall–Kier alpha value is -0.840. The summed E-state index contributed by atoms with van der Waals surface area (Å²) in [4.78, 5) is 0. The first-order valence-corrected chi connectivity index (χ1v) is 8.08. The monoisotopic (exact) mass is 337 g/mol. The first kappa shape index (κ1) is 14.1. The maximum Gasteiger partial charge on any atom is 0.148 e. The summed E-state index contributed by atoms with van der Waals surface area (Å²) in [5.41, 5.74) is 7.13. The zero-order chi connectivity index (χ0) is 13.9. The fraction of sp³-hybridized carbons (Fsp3) is 0.500. The van der Waals surface area contributed by atoms with Crippen LogP contribution in [0, 0.1) is 0 Å². The van der Waals surface area contributed by atoms with E-state index in [1.807, 2.05) is 18.2 Å². The molecule has 4 heteroatoms. The third kappa shape index (κ3) is 3.08. The van der Waals surface area contributed by atoms with Gasteiger partial charge in [0, 0.05) is 12.0 Å². The van der Waals surface area contributed by atoms with Gasteiger partial charge in [0.05, 0.1) is 16.6 Å². The lowest BCUT2D eigenvalue weighted by atomic mass is 10.0. The van der Waals surface area contributed by atoms with E-state index in [1.165, 1.54) is 12.8 Å². The smallest absolute Gasteiger partial charge is 0.148 e. The van der Waals surface area contributed by atoms with Gasteiger partial charge in [-0.15, -0.1) is 0 Å². The number of fused-ring (bicyclic) bond motifs is 1. The number of para-hydroxylation sites is 1. The number of rotatable bonds is 5. The molecule has 3 nitrogen and oxygen atoms in total. The lowest BCUT2D eigenvalue weighted by molar-refractivity contribution is 0.101. The first-order valence-electron chi connectivity index (χ1n) is 7.29. The van der Waals surface area contributed by atoms with Crippen molar-refractivity contribution in [1.29, 1.82) is 0 Å². The van der Waals surface area contributed by atoms with Crippen molar-refractivity contribution in [2.45, 2.75) is 44.2 Å². The second-order valence-corrected chi connectivity index (χ2v) is 6.33. The Labute approximate surface area is 127 Å². The van der Waals surface area contributed by atoms with E-state index in [1.54, 1.807) is 0 Å². The van der Waals surface area contributed by atoms with Crippen LogP contribution in [0.15, 0.2) is 33.2 Å². The van der Waals surface area contributed by atoms with Crippen molar-refractivity contribution in [1.82, 2.24) is 0 Å². The molecule has 0 amide bonds. The van der Waals surface area contributed by atoms with Gasteiger partial charge in [0.15, 0.2) is 0 Å². The Morgan fingerprint density at radius 2 is 2.30 bits per heavy atom. The van der Waals surface area contributed by atoms with Crippen molar-refractivity contribution >= 4 is 26.9 Å². The van der Waals surface area contributed by atoms with Crippen molar-refractivity contribution in [2.24, 2.45) is 5.73 Å². The molecule has 1 aliphatic heterocycles. The fourth-order valence-corrected chi connectivity index (χ4v) is 3.27. The maximum atomic E-state index is 6.24. The van der Waals surface area contributed by atoms with E-state index in [-0.39, 0.29) is 6.04 Å². The van der Waals surface area contributed by atoms with Crippen molar-refractivity contribution in [3.8, 4) is 0 Å². The average Bonchev–Trinajstić information content (AvgIpc) is 3.07. The summed E-state index contributed by atoms with van der Waals surface area (Å²) in [6.45, 7) is 0.925. The molecular formula is C16H20BrNO2. The van der Waals surface area contributed by atoms with Crippen LogP contribution in [0.4, 0.5) is 0 Å². The Kier molecular flexibility index (Phi) is 4.44. The van der Waals surface area contributed by atoms with Gasteiger partial charge in [0.1, 0.15) is 11.3 Å². The van der Waals surface area contributed by atoms with Crippen LogP contribution in [0.2, 0.25) is 0 Å². The molecule has 0 spiro atoms. The minimum absolute atomic E-state index is 0.0318. The molecule has 0 saturated carbocycles. The highest BCUT2D eigenvalue weighted by molar-refractivity contribution is 9.10. The molecule has 20 heavy (non-hydrogen) atoms. The van der Waals surface area contributed by atoms with Gasteiger partial charge in [0.25, 0.3) is 0 Å². The minimum atomic E-state index is -0.0318. The Bertz CT molecular complexity index is 575. The molecule has 1 aromatic carbocycles. The van der Waals surface area contributed by atoms with Crippen molar-refractivity contribution < 1.29 is 9.15 Å². The summed E-state index contributed by atoms with van der Waals surface area (Å²) >= 11 is 3.51. The molecule has 2 N–H and O–H groups in total. The molecule has 2 unspecified atom stereocenters. The predicted molar refractivity (Wildman–Crippen MR) is 83.7 cm³/mol. The molecule has 108 valence electrons. The molecule has 0 radical (unpaired) electrons. The molecule has 1 saturated heterocycles. The Morgan fingerprint density at radius 1 is 1.40 bits per heavy atom. The van der Waals surface area contributed by atoms with E-state index >= 15 is 0 Å². The second kappa shape index (κ2) is 6.29. The Balaban J connectivity index is 1.60. The first-order chi connectivity index (χ1) is 9.74. The number of nitrogens with two attached hydrogens (primary N) is 1. The van der Waals surface area contributed by atoms with Crippen LogP contribution in [-0.4, -0.2) is 12.7 Å². The van der Waals surface area contributed by atoms with E-state index in [0.29, 0.717) is 6.10 Å². The van der Waals surface area contributed by atoms with Crippen molar-refractivity contribution in [3.63, 3.8) is 0 Å². The topological polar surface area (TPSA) is 48.4 Å². The molecule has 2 heterocycles. The maximum absolute atomic E-state index is 6.24. The van der Waals surface area contributed by atoms with Gasteiger partial charge in [-0.3, -0.25) is 0 Å². The van der Waals surface area contributed by atoms with Crippen LogP contribution in [0.25, 0.3) is 11.0 Å². The van der Waals surface area contributed by atoms with Crippen LogP contribution in [-0.2, 0) is 4.74 Å². The van der Waals surface area contributed by atoms with Crippen LogP contribution in [0.1, 0.15) is 43.9 Å². The summed E-state index contributed by atoms with van der Waals surface area (Å²) in [6.07, 6.45) is 5.99. The van der Waals surface area contributed by atoms with Gasteiger partial charge in [-0.2, -0.15) is 0 Å². The quantitative estimate of drug-likeness (QED) is 0.870. The van der Waals surface area contributed by atoms with E-state index in [0.717, 1.165) is 47.1 Å². The molecule has 2 aromatic rings. The van der Waals surface area contributed by atoms with E-state index in [9.17, 15) is 0 Å². The molecule has 1 fully saturated rings. The molecule has 1 aliphatic rings. The fourth-order valence-electron chi connectivity index (χ4n) is 2.81. The molecule has 2 atom stereocenters. The van der Waals surface area contributed by atoms with Gasteiger partial charge >= 0.3 is 0 Å². The standard InChI is InChI=1S/C16H20BrNO2/c17-13-7-1-4-11-10-15(20-16(11)13)14(18)8-2-5-12-6-3-9-19-12/h1,4,7,10,12,14H,2-3,5-6,8-9,18H2. The lowest BCUT2D eigenvalue weighted by Gasteiger charge is -2.11. The zero-order valence-electron chi connectivity index (χ0n) is 11.5. The van der Waals surface area contributed by atoms with Gasteiger partial charge < -0.3 is 14.9 Å². The van der Waals surface area contributed by atoms with Crippen LogP contribution in [0.3, 0.4) is 0 Å². The number of halogens is 1. The largest absolute Gasteiger partial charge is 0.458 e. The van der Waals surface area contributed by atoms with Gasteiger partial charge in [-0.25, -0.2) is 0 Å². The number of benzene rings is 1. The summed E-state index contributed by atoms with van der Waals surface area (Å²) in [7, 11) is 0. The summed E-state index contributed by atoms with van der Waals surface area (Å²) in [5, 5.41) is 1.10. The minimum Gasteiger partial charge on any atom is -0.458 e. The van der Waals surface area contributed by atoms with Crippen LogP contribution < -0.4 is 5.73 Å². The van der Waals surface area contributed by atoms with Gasteiger partial charge in [0.2, 0.25) is 0 Å². The molecular weight excluding hydrogens is 318 g/mol. The second-order valence-electron chi connectivity index (χ2n) is 5.48. The summed E-state index contributed by atoms with van der Waals surface area (Å²) in [6, 6.07) is 8.06. The third-order valence-electron chi connectivity index (χ3n) is 3.95. The molecule has 1 aromatic heterocycles. The van der Waals surface area contributed by atoms with E-state index in [2.05, 4.69) is 22.0 Å². The van der Waals surface area contributed by atoms with Crippen LogP contribution in [0.5, 0.6) is 0 Å². The summed E-state index contributed by atoms with van der Waals surface area (Å²) in [5.74, 6) is 0.874. The van der Waals surface area contributed by atoms with Crippen molar-refractivity contribution in [2.75, 3.05) is 6.61 Å². The summed E-state index contributed by atoms with van der Waals surface area (Å²) < 4.78 is 12.5. The number of hydrogen-bond donors (Lipinski definition) is 1. The number of hydrogen-bond acceptors (Lipinski definition) is 3. The molecule has 3 rings (SSSR count). The zero-order valence-corrected chi connectivity index (χ0v) is 13.1. The van der Waals surface area contributed by atoms with E-state index < -0.39 is 0 Å². The highest BCUT2D eigenvalue weighted by Gasteiger charge is 2.17. The third-order valence-corrected chi connectivity index (χ3v) is 4.57. The SMILES string of the molecule is NC(CCCC1CCCO1)c1cc2cccc(Br)c2o1. The molecule has 0 aliphatic carbocycles. The normalized spacial score (nSPS) is 20.6. The number of ether oxygens (including phenoxy) is 1.